The van der Waals surface area contributed by atoms with Gasteiger partial charge in [-0.2, -0.15) is 0 Å². The monoisotopic (exact) mass is 534 g/mol. The van der Waals surface area contributed by atoms with Crippen molar-refractivity contribution in [2.75, 3.05) is 6.61 Å². The Balaban J connectivity index is 2.13. The topological polar surface area (TPSA) is 257 Å². The van der Waals surface area contributed by atoms with Crippen molar-refractivity contribution in [1.82, 2.24) is 25.9 Å². The Morgan fingerprint density at radius 3 is 2.05 bits per heavy atom. The summed E-state index contributed by atoms with van der Waals surface area (Å²) in [4.78, 5) is 67.1. The van der Waals surface area contributed by atoms with Crippen molar-refractivity contribution in [2.24, 2.45) is 5.73 Å². The molecule has 10 N–H and O–H groups in total. The van der Waals surface area contributed by atoms with Crippen LogP contribution in [0.5, 0.6) is 5.75 Å². The van der Waals surface area contributed by atoms with Crippen molar-refractivity contribution in [2.45, 2.75) is 49.9 Å². The molecular formula is C23H30N6O9. The molecule has 15 nitrogen and oxygen atoms in total. The number of carbonyl (C=O) groups excluding carboxylic acids is 3. The Labute approximate surface area is 216 Å². The molecule has 1 heterocycles. The first-order valence-electron chi connectivity index (χ1n) is 11.5. The average molecular weight is 535 g/mol. The lowest BCUT2D eigenvalue weighted by atomic mass is 10.0. The lowest BCUT2D eigenvalue weighted by Gasteiger charge is -2.24. The SMILES string of the molecule is NC(CCC(=O)O)C(=O)NC(Cc1ccc(O)cc1)C(=O)NC(CO)C(=O)NC(Cc1cnc[nH]1)C(=O)O. The standard InChI is InChI=1S/C23H30N6O9/c24-15(5-6-19(32)33)20(34)27-16(7-12-1-3-14(31)4-2-12)21(35)29-18(10-30)22(36)28-17(23(37)38)8-13-9-25-11-26-13/h1-4,9,11,15-18,30-31H,5-8,10,24H2,(H,25,26)(H,27,34)(H,28,36)(H,29,35)(H,32,33)(H,37,38). The van der Waals surface area contributed by atoms with Crippen LogP contribution < -0.4 is 21.7 Å². The van der Waals surface area contributed by atoms with Crippen molar-refractivity contribution in [3.8, 4) is 5.75 Å². The molecule has 0 aliphatic carbocycles. The third-order valence-electron chi connectivity index (χ3n) is 5.42. The van der Waals surface area contributed by atoms with Crippen molar-refractivity contribution >= 4 is 29.7 Å². The number of nitrogens with two attached hydrogens (primary N) is 1. The third kappa shape index (κ3) is 9.51. The largest absolute Gasteiger partial charge is 0.508 e. The number of aliphatic hydroxyl groups excluding tert-OH is 1. The molecule has 1 aromatic carbocycles. The van der Waals surface area contributed by atoms with E-state index in [2.05, 4.69) is 25.9 Å². The maximum atomic E-state index is 13.1. The molecule has 0 radical (unpaired) electrons. The number of aromatic amines is 1. The normalized spacial score (nSPS) is 13.9. The van der Waals surface area contributed by atoms with E-state index in [-0.39, 0.29) is 31.4 Å². The number of hydrogen-bond donors (Lipinski definition) is 9. The van der Waals surface area contributed by atoms with Gasteiger partial charge in [0.2, 0.25) is 17.7 Å². The summed E-state index contributed by atoms with van der Waals surface area (Å²) in [5.74, 6) is -5.25. The second-order valence-corrected chi connectivity index (χ2v) is 8.39. The molecular weight excluding hydrogens is 504 g/mol. The number of amides is 3. The van der Waals surface area contributed by atoms with Crippen molar-refractivity contribution in [1.29, 1.82) is 0 Å². The molecule has 38 heavy (non-hydrogen) atoms. The molecule has 1 aromatic heterocycles. The van der Waals surface area contributed by atoms with Crippen LogP contribution in [0.15, 0.2) is 36.8 Å². The van der Waals surface area contributed by atoms with Crippen LogP contribution in [0.4, 0.5) is 0 Å². The maximum Gasteiger partial charge on any atom is 0.326 e. The van der Waals surface area contributed by atoms with Gasteiger partial charge in [0.25, 0.3) is 0 Å². The van der Waals surface area contributed by atoms with E-state index < -0.39 is 60.4 Å². The zero-order valence-corrected chi connectivity index (χ0v) is 20.2. The summed E-state index contributed by atoms with van der Waals surface area (Å²) in [5, 5.41) is 44.4. The summed E-state index contributed by atoms with van der Waals surface area (Å²) in [6, 6.07) is 0.201. The number of carboxylic acid groups (broad SMARTS) is 2. The Kier molecular flexibility index (Phi) is 11.2. The van der Waals surface area contributed by atoms with Gasteiger partial charge in [-0.1, -0.05) is 12.1 Å². The Morgan fingerprint density at radius 1 is 0.895 bits per heavy atom. The number of benzene rings is 1. The van der Waals surface area contributed by atoms with Gasteiger partial charge in [-0.3, -0.25) is 19.2 Å². The highest BCUT2D eigenvalue weighted by Gasteiger charge is 2.30. The molecule has 0 aliphatic rings. The van der Waals surface area contributed by atoms with Crippen LogP contribution in [-0.4, -0.2) is 90.8 Å². The van der Waals surface area contributed by atoms with Gasteiger partial charge in [-0.05, 0) is 24.1 Å². The average Bonchev–Trinajstić information content (AvgIpc) is 3.39. The summed E-state index contributed by atoms with van der Waals surface area (Å²) in [6.07, 6.45) is 1.90. The van der Waals surface area contributed by atoms with Crippen molar-refractivity contribution in [3.05, 3.63) is 48.0 Å². The quantitative estimate of drug-likeness (QED) is 0.117. The van der Waals surface area contributed by atoms with E-state index in [1.54, 1.807) is 0 Å². The van der Waals surface area contributed by atoms with Crippen LogP contribution in [0, 0.1) is 0 Å². The molecule has 2 aromatic rings. The van der Waals surface area contributed by atoms with Gasteiger partial charge in [0, 0.05) is 31.2 Å². The number of aliphatic carboxylic acids is 2. The highest BCUT2D eigenvalue weighted by atomic mass is 16.4. The Hall–Kier alpha value is -4.50. The number of rotatable bonds is 15. The molecule has 0 saturated carbocycles. The van der Waals surface area contributed by atoms with E-state index in [1.807, 2.05) is 0 Å². The van der Waals surface area contributed by atoms with Gasteiger partial charge < -0.3 is 47.1 Å². The van der Waals surface area contributed by atoms with E-state index in [4.69, 9.17) is 10.8 Å². The molecule has 0 bridgehead atoms. The number of hydrogen-bond acceptors (Lipinski definition) is 9. The van der Waals surface area contributed by atoms with E-state index in [0.717, 1.165) is 0 Å². The van der Waals surface area contributed by atoms with Crippen molar-refractivity contribution in [3.63, 3.8) is 0 Å². The molecule has 0 saturated heterocycles. The number of carbonyl (C=O) groups is 5. The predicted octanol–water partition coefficient (Wildman–Crippen LogP) is -2.38. The van der Waals surface area contributed by atoms with Crippen molar-refractivity contribution < 1.29 is 44.4 Å². The lowest BCUT2D eigenvalue weighted by molar-refractivity contribution is -0.142. The van der Waals surface area contributed by atoms with E-state index in [9.17, 15) is 39.3 Å². The molecule has 4 unspecified atom stereocenters. The summed E-state index contributed by atoms with van der Waals surface area (Å²) in [6.45, 7) is -0.883. The zero-order chi connectivity index (χ0) is 28.2. The number of imidazole rings is 1. The Bertz CT molecular complexity index is 1110. The Morgan fingerprint density at radius 2 is 1.50 bits per heavy atom. The minimum Gasteiger partial charge on any atom is -0.508 e. The number of phenols is 1. The number of carboxylic acids is 2. The van der Waals surface area contributed by atoms with Crippen LogP contribution in [0.25, 0.3) is 0 Å². The molecule has 2 rings (SSSR count). The van der Waals surface area contributed by atoms with Crippen LogP contribution >= 0.6 is 0 Å². The van der Waals surface area contributed by atoms with Gasteiger partial charge in [-0.15, -0.1) is 0 Å². The highest BCUT2D eigenvalue weighted by molar-refractivity contribution is 5.94. The fourth-order valence-corrected chi connectivity index (χ4v) is 3.32. The molecule has 4 atom stereocenters. The van der Waals surface area contributed by atoms with Crippen LogP contribution in [-0.2, 0) is 36.8 Å². The molecule has 0 aliphatic heterocycles. The zero-order valence-electron chi connectivity index (χ0n) is 20.2. The summed E-state index contributed by atoms with van der Waals surface area (Å²) in [5.41, 5.74) is 6.68. The van der Waals surface area contributed by atoms with Crippen LogP contribution in [0.2, 0.25) is 0 Å². The van der Waals surface area contributed by atoms with Crippen LogP contribution in [0.3, 0.4) is 0 Å². The van der Waals surface area contributed by atoms with Crippen LogP contribution in [0.1, 0.15) is 24.1 Å². The highest BCUT2D eigenvalue weighted by Crippen LogP contribution is 2.12. The minimum absolute atomic E-state index is 0.0328. The molecule has 206 valence electrons. The van der Waals surface area contributed by atoms with Gasteiger partial charge in [-0.25, -0.2) is 9.78 Å². The smallest absolute Gasteiger partial charge is 0.326 e. The van der Waals surface area contributed by atoms with Gasteiger partial charge >= 0.3 is 11.9 Å². The molecule has 3 amide bonds. The second-order valence-electron chi connectivity index (χ2n) is 8.39. The van der Waals surface area contributed by atoms with E-state index in [0.29, 0.717) is 11.3 Å². The number of aliphatic hydroxyl groups is 1. The number of H-pyrrole nitrogens is 1. The summed E-state index contributed by atoms with van der Waals surface area (Å²) < 4.78 is 0. The number of nitrogens with one attached hydrogen (secondary N) is 4. The number of aromatic nitrogens is 2. The lowest BCUT2D eigenvalue weighted by Crippen LogP contribution is -2.58. The van der Waals surface area contributed by atoms with Gasteiger partial charge in [0.15, 0.2) is 0 Å². The number of aromatic hydroxyl groups is 1. The first-order valence-corrected chi connectivity index (χ1v) is 11.5. The first-order chi connectivity index (χ1) is 18.0. The summed E-state index contributed by atoms with van der Waals surface area (Å²) in [7, 11) is 0. The van der Waals surface area contributed by atoms with Gasteiger partial charge in [0.05, 0.1) is 19.0 Å². The number of phenolic OH excluding ortho intramolecular Hbond substituents is 1. The van der Waals surface area contributed by atoms with Gasteiger partial charge in [0.1, 0.15) is 23.9 Å². The maximum absolute atomic E-state index is 13.1. The van der Waals surface area contributed by atoms with E-state index in [1.165, 1.54) is 36.8 Å². The fraction of sp³-hybridized carbons (Fsp3) is 0.391. The second kappa shape index (κ2) is 14.3. The first kappa shape index (κ1) is 29.7. The molecule has 15 heteroatoms. The molecule has 0 fully saturated rings. The third-order valence-corrected chi connectivity index (χ3v) is 5.42. The minimum atomic E-state index is -1.56. The predicted molar refractivity (Wildman–Crippen MR) is 129 cm³/mol. The molecule has 0 spiro atoms. The fourth-order valence-electron chi connectivity index (χ4n) is 3.32. The summed E-state index contributed by atoms with van der Waals surface area (Å²) >= 11 is 0. The van der Waals surface area contributed by atoms with E-state index >= 15 is 0 Å². The number of nitrogens with zero attached hydrogens (tertiary/aromatic N) is 1.